The molecule has 2 heteroatoms. The zero-order chi connectivity index (χ0) is 8.55. The Kier molecular flexibility index (Phi) is 1.87. The van der Waals surface area contributed by atoms with Gasteiger partial charge in [0.05, 0.1) is 13.2 Å². The van der Waals surface area contributed by atoms with Crippen molar-refractivity contribution in [3.8, 4) is 0 Å². The highest BCUT2D eigenvalue weighted by molar-refractivity contribution is 5.33. The molecule has 2 nitrogen and oxygen atoms in total. The molecule has 0 amide bonds. The normalized spacial score (nSPS) is 22.0. The summed E-state index contributed by atoms with van der Waals surface area (Å²) in [6.07, 6.45) is -0.436. The van der Waals surface area contributed by atoms with Gasteiger partial charge >= 0.3 is 0 Å². The highest BCUT2D eigenvalue weighted by Crippen LogP contribution is 2.24. The largest absolute Gasteiger partial charge is 0.386 e. The Morgan fingerprint density at radius 1 is 1.50 bits per heavy atom. The average molecular weight is 164 g/mol. The third-order valence-electron chi connectivity index (χ3n) is 2.19. The van der Waals surface area contributed by atoms with Crippen LogP contribution in [0.1, 0.15) is 22.8 Å². The molecule has 0 fully saturated rings. The second-order valence-electron chi connectivity index (χ2n) is 3.23. The zero-order valence-corrected chi connectivity index (χ0v) is 7.08. The van der Waals surface area contributed by atoms with Crippen molar-refractivity contribution in [1.29, 1.82) is 0 Å². The molecule has 1 aromatic carbocycles. The summed E-state index contributed by atoms with van der Waals surface area (Å²) in [5.74, 6) is 0. The van der Waals surface area contributed by atoms with Crippen molar-refractivity contribution in [2.75, 3.05) is 6.61 Å². The highest BCUT2D eigenvalue weighted by Gasteiger charge is 2.17. The summed E-state index contributed by atoms with van der Waals surface area (Å²) in [6.45, 7) is 3.10. The lowest BCUT2D eigenvalue weighted by Gasteiger charge is -2.21. The minimum atomic E-state index is -0.436. The number of aliphatic hydroxyl groups is 1. The van der Waals surface area contributed by atoms with Crippen LogP contribution in [0.25, 0.3) is 0 Å². The molecule has 1 aromatic rings. The first-order valence-electron chi connectivity index (χ1n) is 4.12. The number of aliphatic hydroxyl groups excluding tert-OH is 1. The van der Waals surface area contributed by atoms with Crippen molar-refractivity contribution < 1.29 is 9.84 Å². The maximum Gasteiger partial charge on any atom is 0.103 e. The van der Waals surface area contributed by atoms with Crippen LogP contribution >= 0.6 is 0 Å². The van der Waals surface area contributed by atoms with Gasteiger partial charge in [0.1, 0.15) is 6.10 Å². The van der Waals surface area contributed by atoms with Gasteiger partial charge in [0.15, 0.2) is 0 Å². The Labute approximate surface area is 71.8 Å². The fourth-order valence-electron chi connectivity index (χ4n) is 1.55. The average Bonchev–Trinajstić information content (AvgIpc) is 2.04. The summed E-state index contributed by atoms with van der Waals surface area (Å²) in [6, 6.07) is 6.07. The molecule has 1 heterocycles. The third kappa shape index (κ3) is 1.24. The highest BCUT2D eigenvalue weighted by atomic mass is 16.5. The minimum absolute atomic E-state index is 0.427. The van der Waals surface area contributed by atoms with Crippen molar-refractivity contribution in [1.82, 2.24) is 0 Å². The van der Waals surface area contributed by atoms with Crippen LogP contribution in [0.5, 0.6) is 0 Å². The lowest BCUT2D eigenvalue weighted by molar-refractivity contribution is 0.00978. The van der Waals surface area contributed by atoms with Crippen LogP contribution in [0.4, 0.5) is 0 Å². The van der Waals surface area contributed by atoms with Crippen LogP contribution in [-0.4, -0.2) is 11.7 Å². The number of aryl methyl sites for hydroxylation is 1. The molecule has 12 heavy (non-hydrogen) atoms. The molecule has 1 aliphatic heterocycles. The Balaban J connectivity index is 2.46. The molecular formula is C10H12O2. The molecule has 0 bridgehead atoms. The lowest BCUT2D eigenvalue weighted by atomic mass is 9.99. The smallest absolute Gasteiger partial charge is 0.103 e. The monoisotopic (exact) mass is 164 g/mol. The molecule has 0 spiro atoms. The number of fused-ring (bicyclic) bond motifs is 1. The van der Waals surface area contributed by atoms with Gasteiger partial charge in [0, 0.05) is 0 Å². The van der Waals surface area contributed by atoms with Gasteiger partial charge in [0.25, 0.3) is 0 Å². The van der Waals surface area contributed by atoms with E-state index in [0.717, 1.165) is 11.1 Å². The molecule has 2 rings (SSSR count). The standard InChI is InChI=1S/C10H12O2/c1-7-2-3-9-8(4-7)5-12-6-10(9)11/h2-4,10-11H,5-6H2,1H3. The first-order chi connectivity index (χ1) is 5.77. The van der Waals surface area contributed by atoms with Crippen LogP contribution in [0.3, 0.4) is 0 Å². The minimum Gasteiger partial charge on any atom is -0.386 e. The summed E-state index contributed by atoms with van der Waals surface area (Å²) in [7, 11) is 0. The van der Waals surface area contributed by atoms with E-state index in [1.54, 1.807) is 0 Å². The van der Waals surface area contributed by atoms with Crippen molar-refractivity contribution in [3.05, 3.63) is 34.9 Å². The Morgan fingerprint density at radius 3 is 3.17 bits per heavy atom. The predicted octanol–water partition coefficient (Wildman–Crippen LogP) is 1.56. The van der Waals surface area contributed by atoms with Crippen LogP contribution in [0.2, 0.25) is 0 Å². The lowest BCUT2D eigenvalue weighted by Crippen LogP contribution is -2.16. The molecule has 0 radical (unpaired) electrons. The molecule has 64 valence electrons. The molecule has 0 aliphatic carbocycles. The van der Waals surface area contributed by atoms with E-state index in [2.05, 4.69) is 6.07 Å². The van der Waals surface area contributed by atoms with Gasteiger partial charge in [0.2, 0.25) is 0 Å². The van der Waals surface area contributed by atoms with Gasteiger partial charge in [-0.3, -0.25) is 0 Å². The first-order valence-corrected chi connectivity index (χ1v) is 4.12. The van der Waals surface area contributed by atoms with E-state index >= 15 is 0 Å². The van der Waals surface area contributed by atoms with Crippen molar-refractivity contribution >= 4 is 0 Å². The van der Waals surface area contributed by atoms with E-state index in [1.807, 2.05) is 19.1 Å². The van der Waals surface area contributed by atoms with Crippen molar-refractivity contribution in [2.45, 2.75) is 19.6 Å². The summed E-state index contributed by atoms with van der Waals surface area (Å²) < 4.78 is 5.21. The Bertz CT molecular complexity index is 294. The number of hydrogen-bond donors (Lipinski definition) is 1. The first kappa shape index (κ1) is 7.77. The van der Waals surface area contributed by atoms with Gasteiger partial charge in [-0.15, -0.1) is 0 Å². The molecule has 0 saturated carbocycles. The SMILES string of the molecule is Cc1ccc2c(c1)COCC2O. The zero-order valence-electron chi connectivity index (χ0n) is 7.08. The molecule has 1 unspecified atom stereocenters. The van der Waals surface area contributed by atoms with Gasteiger partial charge < -0.3 is 9.84 Å². The molecule has 1 N–H and O–H groups in total. The Morgan fingerprint density at radius 2 is 2.33 bits per heavy atom. The van der Waals surface area contributed by atoms with E-state index in [9.17, 15) is 5.11 Å². The number of rotatable bonds is 0. The van der Waals surface area contributed by atoms with E-state index in [4.69, 9.17) is 4.74 Å². The number of benzene rings is 1. The van der Waals surface area contributed by atoms with Crippen LogP contribution in [0.15, 0.2) is 18.2 Å². The van der Waals surface area contributed by atoms with Crippen LogP contribution in [0, 0.1) is 6.92 Å². The maximum absolute atomic E-state index is 9.53. The summed E-state index contributed by atoms with van der Waals surface area (Å²) in [5.41, 5.74) is 3.35. The van der Waals surface area contributed by atoms with Gasteiger partial charge in [-0.2, -0.15) is 0 Å². The predicted molar refractivity (Wildman–Crippen MR) is 45.8 cm³/mol. The second kappa shape index (κ2) is 2.88. The molecule has 1 aliphatic rings. The van der Waals surface area contributed by atoms with Crippen molar-refractivity contribution in [3.63, 3.8) is 0 Å². The molecule has 0 saturated heterocycles. The van der Waals surface area contributed by atoms with Crippen LogP contribution in [-0.2, 0) is 11.3 Å². The molecule has 1 atom stereocenters. The molecule has 0 aromatic heterocycles. The van der Waals surface area contributed by atoms with E-state index in [1.165, 1.54) is 5.56 Å². The second-order valence-corrected chi connectivity index (χ2v) is 3.23. The van der Waals surface area contributed by atoms with Crippen LogP contribution < -0.4 is 0 Å². The van der Waals surface area contributed by atoms with E-state index in [-0.39, 0.29) is 0 Å². The topological polar surface area (TPSA) is 29.5 Å². The van der Waals surface area contributed by atoms with Gasteiger partial charge in [-0.1, -0.05) is 23.8 Å². The number of hydrogen-bond acceptors (Lipinski definition) is 2. The number of ether oxygens (including phenoxy) is 1. The third-order valence-corrected chi connectivity index (χ3v) is 2.19. The van der Waals surface area contributed by atoms with Crippen molar-refractivity contribution in [2.24, 2.45) is 0 Å². The Hall–Kier alpha value is -0.860. The maximum atomic E-state index is 9.53. The van der Waals surface area contributed by atoms with Gasteiger partial charge in [-0.25, -0.2) is 0 Å². The fourth-order valence-corrected chi connectivity index (χ4v) is 1.55. The quantitative estimate of drug-likeness (QED) is 0.630. The fraction of sp³-hybridized carbons (Fsp3) is 0.400. The summed E-state index contributed by atoms with van der Waals surface area (Å²) >= 11 is 0. The molecular weight excluding hydrogens is 152 g/mol. The van der Waals surface area contributed by atoms with E-state index < -0.39 is 6.10 Å². The summed E-state index contributed by atoms with van der Waals surface area (Å²) in [5, 5.41) is 9.53. The van der Waals surface area contributed by atoms with E-state index in [0.29, 0.717) is 13.2 Å². The summed E-state index contributed by atoms with van der Waals surface area (Å²) in [4.78, 5) is 0. The van der Waals surface area contributed by atoms with Gasteiger partial charge in [-0.05, 0) is 18.1 Å².